The molecule has 0 unspecified atom stereocenters. The first-order chi connectivity index (χ1) is 7.09. The molecule has 2 rings (SSSR count). The highest BCUT2D eigenvalue weighted by Crippen LogP contribution is 2.22. The Morgan fingerprint density at radius 2 is 2.27 bits per heavy atom. The lowest BCUT2D eigenvalue weighted by molar-refractivity contribution is 0.651. The highest BCUT2D eigenvalue weighted by Gasteiger charge is 2.11. The summed E-state index contributed by atoms with van der Waals surface area (Å²) >= 11 is 5.95. The fourth-order valence-electron chi connectivity index (χ4n) is 1.39. The minimum Gasteiger partial charge on any atom is -0.383 e. The molecule has 0 spiro atoms. The van der Waals surface area contributed by atoms with E-state index in [0.717, 1.165) is 11.4 Å². The third-order valence-electron chi connectivity index (χ3n) is 2.32. The summed E-state index contributed by atoms with van der Waals surface area (Å²) < 4.78 is 3.60. The maximum atomic E-state index is 5.95. The molecule has 0 saturated heterocycles. The lowest BCUT2D eigenvalue weighted by Crippen LogP contribution is -2.08. The smallest absolute Gasteiger partial charge is 0.141 e. The quantitative estimate of drug-likeness (QED) is 0.836. The third-order valence-corrected chi connectivity index (χ3v) is 2.79. The summed E-state index contributed by atoms with van der Waals surface area (Å²) in [5.41, 5.74) is 7.58. The van der Waals surface area contributed by atoms with Gasteiger partial charge in [0.1, 0.15) is 10.8 Å². The number of aromatic nitrogens is 4. The van der Waals surface area contributed by atoms with E-state index in [1.807, 2.05) is 18.5 Å². The Labute approximate surface area is 92.5 Å². The predicted octanol–water partition coefficient (Wildman–Crippen LogP) is 1.21. The van der Waals surface area contributed by atoms with Gasteiger partial charge in [-0.25, -0.2) is 9.67 Å². The van der Waals surface area contributed by atoms with Crippen LogP contribution in [-0.4, -0.2) is 19.3 Å². The van der Waals surface area contributed by atoms with E-state index in [4.69, 9.17) is 17.3 Å². The van der Waals surface area contributed by atoms with Gasteiger partial charge in [0.25, 0.3) is 0 Å². The molecule has 15 heavy (non-hydrogen) atoms. The number of nitrogens with zero attached hydrogens (tertiary/aromatic N) is 4. The zero-order chi connectivity index (χ0) is 11.0. The van der Waals surface area contributed by atoms with Crippen molar-refractivity contribution in [1.29, 1.82) is 0 Å². The Hall–Kier alpha value is -1.49. The summed E-state index contributed by atoms with van der Waals surface area (Å²) in [5.74, 6) is 0.496. The average Bonchev–Trinajstić information content (AvgIpc) is 2.69. The summed E-state index contributed by atoms with van der Waals surface area (Å²) in [4.78, 5) is 4.02. The fourth-order valence-corrected chi connectivity index (χ4v) is 1.52. The standard InChI is InChI=1S/C9H12ClN5/c1-6-8(10)9(11)15(13-6)4-7-3-12-5-14(7)2/h3,5H,4,11H2,1-2H3. The van der Waals surface area contributed by atoms with Crippen LogP contribution in [0.5, 0.6) is 0 Å². The molecule has 80 valence electrons. The molecular weight excluding hydrogens is 214 g/mol. The first-order valence-corrected chi connectivity index (χ1v) is 4.91. The van der Waals surface area contributed by atoms with Crippen LogP contribution in [-0.2, 0) is 13.6 Å². The molecule has 2 aromatic rings. The summed E-state index contributed by atoms with van der Waals surface area (Å²) in [6, 6.07) is 0. The van der Waals surface area contributed by atoms with Gasteiger partial charge in [-0.1, -0.05) is 11.6 Å². The van der Waals surface area contributed by atoms with E-state index in [9.17, 15) is 0 Å². The van der Waals surface area contributed by atoms with E-state index in [1.54, 1.807) is 17.2 Å². The molecule has 2 heterocycles. The normalized spacial score (nSPS) is 10.9. The maximum absolute atomic E-state index is 5.95. The number of nitrogen functional groups attached to an aromatic ring is 1. The van der Waals surface area contributed by atoms with Gasteiger partial charge in [-0.15, -0.1) is 0 Å². The van der Waals surface area contributed by atoms with Crippen molar-refractivity contribution in [3.8, 4) is 0 Å². The molecule has 0 radical (unpaired) electrons. The van der Waals surface area contributed by atoms with Crippen LogP contribution in [0.1, 0.15) is 11.4 Å². The van der Waals surface area contributed by atoms with E-state index < -0.39 is 0 Å². The van der Waals surface area contributed by atoms with Crippen molar-refractivity contribution in [3.05, 3.63) is 28.9 Å². The second kappa shape index (κ2) is 3.58. The van der Waals surface area contributed by atoms with Crippen molar-refractivity contribution in [1.82, 2.24) is 19.3 Å². The van der Waals surface area contributed by atoms with Gasteiger partial charge in [-0.05, 0) is 6.92 Å². The highest BCUT2D eigenvalue weighted by atomic mass is 35.5. The molecule has 0 aromatic carbocycles. The van der Waals surface area contributed by atoms with Crippen molar-refractivity contribution < 1.29 is 0 Å². The van der Waals surface area contributed by atoms with Gasteiger partial charge >= 0.3 is 0 Å². The molecule has 5 nitrogen and oxygen atoms in total. The Morgan fingerprint density at radius 1 is 1.53 bits per heavy atom. The summed E-state index contributed by atoms with van der Waals surface area (Å²) in [5, 5.41) is 4.77. The second-order valence-electron chi connectivity index (χ2n) is 3.44. The molecule has 6 heteroatoms. The second-order valence-corrected chi connectivity index (χ2v) is 3.82. The largest absolute Gasteiger partial charge is 0.383 e. The number of anilines is 1. The highest BCUT2D eigenvalue weighted by molar-refractivity contribution is 6.33. The van der Waals surface area contributed by atoms with Gasteiger partial charge in [0.05, 0.1) is 30.5 Å². The minimum atomic E-state index is 0.496. The first kappa shape index (κ1) is 10.0. The fraction of sp³-hybridized carbons (Fsp3) is 0.333. The average molecular weight is 226 g/mol. The van der Waals surface area contributed by atoms with Crippen LogP contribution in [0, 0.1) is 6.92 Å². The van der Waals surface area contributed by atoms with Gasteiger partial charge in [-0.3, -0.25) is 0 Å². The van der Waals surface area contributed by atoms with Crippen LogP contribution in [0.3, 0.4) is 0 Å². The number of hydrogen-bond acceptors (Lipinski definition) is 3. The third kappa shape index (κ3) is 1.70. The van der Waals surface area contributed by atoms with Crippen molar-refractivity contribution in [3.63, 3.8) is 0 Å². The number of imidazole rings is 1. The number of halogens is 1. The van der Waals surface area contributed by atoms with Gasteiger partial charge < -0.3 is 10.3 Å². The van der Waals surface area contributed by atoms with Crippen LogP contribution >= 0.6 is 11.6 Å². The van der Waals surface area contributed by atoms with E-state index in [0.29, 0.717) is 17.4 Å². The molecule has 0 amide bonds. The summed E-state index contributed by atoms with van der Waals surface area (Å²) in [6.07, 6.45) is 3.52. The van der Waals surface area contributed by atoms with Crippen LogP contribution < -0.4 is 5.73 Å². The van der Waals surface area contributed by atoms with Gasteiger partial charge in [0, 0.05) is 7.05 Å². The predicted molar refractivity (Wildman–Crippen MR) is 58.7 cm³/mol. The molecule has 0 saturated carbocycles. The maximum Gasteiger partial charge on any atom is 0.141 e. The number of aryl methyl sites for hydroxylation is 2. The molecule has 0 atom stereocenters. The zero-order valence-electron chi connectivity index (χ0n) is 8.61. The molecule has 0 aliphatic carbocycles. The Morgan fingerprint density at radius 3 is 2.73 bits per heavy atom. The SMILES string of the molecule is Cc1nn(Cc2cncn2C)c(N)c1Cl. The lowest BCUT2D eigenvalue weighted by atomic mass is 10.4. The monoisotopic (exact) mass is 225 g/mol. The van der Waals surface area contributed by atoms with E-state index in [-0.39, 0.29) is 0 Å². The molecule has 0 fully saturated rings. The molecule has 0 aliphatic rings. The van der Waals surface area contributed by atoms with Crippen molar-refractivity contribution >= 4 is 17.4 Å². The molecule has 0 aliphatic heterocycles. The Bertz CT molecular complexity index is 485. The summed E-state index contributed by atoms with van der Waals surface area (Å²) in [7, 11) is 1.93. The van der Waals surface area contributed by atoms with Crippen LogP contribution in [0.25, 0.3) is 0 Å². The first-order valence-electron chi connectivity index (χ1n) is 4.53. The molecule has 2 N–H and O–H groups in total. The van der Waals surface area contributed by atoms with Crippen LogP contribution in [0.2, 0.25) is 5.02 Å². The lowest BCUT2D eigenvalue weighted by Gasteiger charge is -2.04. The van der Waals surface area contributed by atoms with Crippen molar-refractivity contribution in [2.24, 2.45) is 7.05 Å². The summed E-state index contributed by atoms with van der Waals surface area (Å²) in [6.45, 7) is 2.41. The van der Waals surface area contributed by atoms with Crippen molar-refractivity contribution in [2.75, 3.05) is 5.73 Å². The molecule has 2 aromatic heterocycles. The Balaban J connectivity index is 2.33. The number of rotatable bonds is 2. The van der Waals surface area contributed by atoms with Gasteiger partial charge in [0.15, 0.2) is 0 Å². The molecule has 0 bridgehead atoms. The van der Waals surface area contributed by atoms with Crippen molar-refractivity contribution in [2.45, 2.75) is 13.5 Å². The minimum absolute atomic E-state index is 0.496. The van der Waals surface area contributed by atoms with E-state index in [2.05, 4.69) is 10.1 Å². The van der Waals surface area contributed by atoms with Gasteiger partial charge in [0.2, 0.25) is 0 Å². The Kier molecular flexibility index (Phi) is 2.40. The van der Waals surface area contributed by atoms with Crippen LogP contribution in [0.4, 0.5) is 5.82 Å². The zero-order valence-corrected chi connectivity index (χ0v) is 9.36. The van der Waals surface area contributed by atoms with Gasteiger partial charge in [-0.2, -0.15) is 5.10 Å². The van der Waals surface area contributed by atoms with Crippen LogP contribution in [0.15, 0.2) is 12.5 Å². The van der Waals surface area contributed by atoms with E-state index >= 15 is 0 Å². The van der Waals surface area contributed by atoms with E-state index in [1.165, 1.54) is 0 Å². The number of hydrogen-bond donors (Lipinski definition) is 1. The molecular formula is C9H12ClN5. The number of nitrogens with two attached hydrogens (primary N) is 1. The topological polar surface area (TPSA) is 61.7 Å².